The predicted octanol–water partition coefficient (Wildman–Crippen LogP) is 5.12. The van der Waals surface area contributed by atoms with E-state index in [1.807, 2.05) is 24.3 Å². The van der Waals surface area contributed by atoms with E-state index in [9.17, 15) is 30.0 Å². The summed E-state index contributed by atoms with van der Waals surface area (Å²) >= 11 is 0. The Labute approximate surface area is 273 Å². The van der Waals surface area contributed by atoms with Gasteiger partial charge in [0.25, 0.3) is 0 Å². The van der Waals surface area contributed by atoms with Crippen molar-refractivity contribution in [2.45, 2.75) is 26.1 Å². The first-order valence-corrected chi connectivity index (χ1v) is 15.3. The quantitative estimate of drug-likeness (QED) is 0.186. The number of hydrogen-bond acceptors (Lipinski definition) is 12. The molecule has 4 aromatic rings. The van der Waals surface area contributed by atoms with Gasteiger partial charge in [-0.05, 0) is 72.5 Å². The molecule has 4 N–H and O–H groups in total. The molecule has 0 spiro atoms. The highest BCUT2D eigenvalue weighted by Gasteiger charge is 2.48. The molecular weight excluding hydrogens is 624 g/mol. The molecule has 0 bridgehead atoms. The van der Waals surface area contributed by atoms with Gasteiger partial charge in [-0.15, -0.1) is 0 Å². The molecule has 12 nitrogen and oxygen atoms in total. The fourth-order valence-corrected chi connectivity index (χ4v) is 7.15. The van der Waals surface area contributed by atoms with Gasteiger partial charge >= 0.3 is 0 Å². The summed E-state index contributed by atoms with van der Waals surface area (Å²) in [7, 11) is 0. The van der Waals surface area contributed by atoms with Crippen LogP contribution in [0, 0.1) is 25.7 Å². The van der Waals surface area contributed by atoms with Crippen molar-refractivity contribution in [2.75, 3.05) is 26.8 Å². The van der Waals surface area contributed by atoms with E-state index in [4.69, 9.17) is 28.4 Å². The lowest BCUT2D eigenvalue weighted by atomic mass is 9.80. The molecule has 0 aromatic heterocycles. The second kappa shape index (κ2) is 11.1. The number of hydrogen-bond donors (Lipinski definition) is 4. The third-order valence-electron chi connectivity index (χ3n) is 9.56. The topological polar surface area (TPSA) is 170 Å². The highest BCUT2D eigenvalue weighted by atomic mass is 16.7. The summed E-state index contributed by atoms with van der Waals surface area (Å²) in [6.07, 6.45) is 0.0435. The number of rotatable bonds is 2. The first-order chi connectivity index (χ1) is 23.1. The van der Waals surface area contributed by atoms with Crippen molar-refractivity contribution in [3.8, 4) is 46.0 Å². The summed E-state index contributed by atoms with van der Waals surface area (Å²) in [5, 5.41) is 40.1. The molecule has 0 amide bonds. The van der Waals surface area contributed by atoms with E-state index in [1.54, 1.807) is 0 Å². The number of carbonyl (C=O) groups excluding carboxylic acids is 2. The Morgan fingerprint density at radius 1 is 0.542 bits per heavy atom. The molecule has 4 unspecified atom stereocenters. The fraction of sp³-hybridized carbons (Fsp3) is 0.278. The Balaban J connectivity index is 0.000000143. The molecule has 5 aliphatic rings. The van der Waals surface area contributed by atoms with E-state index in [0.29, 0.717) is 25.0 Å². The van der Waals surface area contributed by atoms with Crippen molar-refractivity contribution in [1.29, 1.82) is 0 Å². The minimum absolute atomic E-state index is 0.0218. The molecule has 0 radical (unpaired) electrons. The number of carbonyl (C=O) groups is 2. The molecule has 4 atom stereocenters. The van der Waals surface area contributed by atoms with Crippen molar-refractivity contribution in [1.82, 2.24) is 0 Å². The molecule has 2 saturated heterocycles. The van der Waals surface area contributed by atoms with Gasteiger partial charge in [0.05, 0.1) is 47.7 Å². The fourth-order valence-electron chi connectivity index (χ4n) is 7.15. The summed E-state index contributed by atoms with van der Waals surface area (Å²) < 4.78 is 34.2. The molecule has 0 saturated carbocycles. The zero-order valence-corrected chi connectivity index (χ0v) is 25.8. The van der Waals surface area contributed by atoms with Gasteiger partial charge in [0.15, 0.2) is 23.0 Å². The molecule has 2 fully saturated rings. The highest BCUT2D eigenvalue weighted by molar-refractivity contribution is 6.32. The number of ketones is 2. The van der Waals surface area contributed by atoms with Gasteiger partial charge in [0, 0.05) is 11.8 Å². The number of benzene rings is 4. The third kappa shape index (κ3) is 4.51. The van der Waals surface area contributed by atoms with Gasteiger partial charge in [-0.2, -0.15) is 0 Å². The molecule has 1 aliphatic carbocycles. The first-order valence-electron chi connectivity index (χ1n) is 15.3. The number of phenolic OH excluding ortho intramolecular Hbond substituents is 4. The van der Waals surface area contributed by atoms with E-state index in [0.717, 1.165) is 46.3 Å². The van der Waals surface area contributed by atoms with Crippen LogP contribution in [-0.2, 0) is 9.47 Å². The molecular formula is C36H30O12. The third-order valence-corrected chi connectivity index (χ3v) is 9.56. The minimum atomic E-state index is -0.825. The zero-order valence-electron chi connectivity index (χ0n) is 25.8. The number of aromatic hydroxyl groups is 4. The molecule has 48 heavy (non-hydrogen) atoms. The number of ether oxygens (including phenoxy) is 6. The first kappa shape index (κ1) is 29.9. The van der Waals surface area contributed by atoms with E-state index in [-0.39, 0.29) is 59.2 Å². The molecule has 12 heteroatoms. The summed E-state index contributed by atoms with van der Waals surface area (Å²) in [6, 6.07) is 14.4. The van der Waals surface area contributed by atoms with Crippen LogP contribution in [0.1, 0.15) is 66.3 Å². The van der Waals surface area contributed by atoms with Crippen LogP contribution in [0.5, 0.6) is 46.0 Å². The van der Waals surface area contributed by atoms with Crippen molar-refractivity contribution in [2.24, 2.45) is 11.8 Å². The summed E-state index contributed by atoms with van der Waals surface area (Å²) in [5.74, 6) is 0.381. The van der Waals surface area contributed by atoms with E-state index in [1.165, 1.54) is 13.8 Å². The van der Waals surface area contributed by atoms with Crippen LogP contribution in [0.15, 0.2) is 48.5 Å². The van der Waals surface area contributed by atoms with Crippen molar-refractivity contribution < 1.29 is 58.4 Å². The highest BCUT2D eigenvalue weighted by Crippen LogP contribution is 2.52. The summed E-state index contributed by atoms with van der Waals surface area (Å²) in [6.45, 7) is 4.87. The summed E-state index contributed by atoms with van der Waals surface area (Å²) in [4.78, 5) is 25.1. The Bertz CT molecular complexity index is 1890. The number of fused-ring (bicyclic) bond motifs is 5. The average Bonchev–Trinajstić information content (AvgIpc) is 3.87. The molecule has 4 aliphatic heterocycles. The van der Waals surface area contributed by atoms with Crippen molar-refractivity contribution in [3.63, 3.8) is 0 Å². The molecule has 246 valence electrons. The summed E-state index contributed by atoms with van der Waals surface area (Å²) in [5.41, 5.74) is 1.20. The largest absolute Gasteiger partial charge is 0.507 e. The molecule has 4 aromatic carbocycles. The van der Waals surface area contributed by atoms with Crippen LogP contribution in [0.25, 0.3) is 0 Å². The van der Waals surface area contributed by atoms with Crippen LogP contribution >= 0.6 is 0 Å². The Hall–Kier alpha value is -5.46. The van der Waals surface area contributed by atoms with E-state index in [2.05, 4.69) is 12.1 Å². The average molecular weight is 655 g/mol. The minimum Gasteiger partial charge on any atom is -0.507 e. The van der Waals surface area contributed by atoms with Gasteiger partial charge in [-0.1, -0.05) is 12.1 Å². The lowest BCUT2D eigenvalue weighted by Crippen LogP contribution is -2.22. The van der Waals surface area contributed by atoms with Crippen LogP contribution in [0.4, 0.5) is 0 Å². The van der Waals surface area contributed by atoms with Gasteiger partial charge in [0.2, 0.25) is 25.2 Å². The standard InChI is InChI=1S/C20H18O6.C16H12O6/c1-3-15-17(25-9-23-15)5-11(1)19-13-7-22-20(14(13)8-21-19)12-2-4-16-18(6-12)26-10-24-16;1-5-3-7(17)9-11(13(5)19)15(21)10-8(18)4-6(2)14(20)12(10)16(9)22/h1-6,13-14,19-20H,7-10H2;3-4,17-20H,1-2H3. The van der Waals surface area contributed by atoms with Crippen LogP contribution < -0.4 is 18.9 Å². The van der Waals surface area contributed by atoms with E-state index >= 15 is 0 Å². The SMILES string of the molecule is Cc1cc(O)c2c(c1O)C(=O)c1c(O)cc(C)c(O)c1C2=O.c1cc2c(cc1C1OCC3C(c4ccc5c(c4)OCO5)OCC13)OCO2. The Kier molecular flexibility index (Phi) is 6.90. The monoisotopic (exact) mass is 654 g/mol. The van der Waals surface area contributed by atoms with E-state index < -0.39 is 34.6 Å². The van der Waals surface area contributed by atoms with Gasteiger partial charge < -0.3 is 48.8 Å². The van der Waals surface area contributed by atoms with Crippen LogP contribution in [0.3, 0.4) is 0 Å². The lowest BCUT2D eigenvalue weighted by molar-refractivity contribution is 0.0192. The van der Waals surface area contributed by atoms with Crippen molar-refractivity contribution in [3.05, 3.63) is 93.0 Å². The zero-order chi connectivity index (χ0) is 33.4. The normalized spacial score (nSPS) is 22.5. The molecule has 9 rings (SSSR count). The maximum Gasteiger partial charge on any atom is 0.231 e. The number of aryl methyl sites for hydroxylation is 2. The predicted molar refractivity (Wildman–Crippen MR) is 165 cm³/mol. The van der Waals surface area contributed by atoms with Gasteiger partial charge in [-0.25, -0.2) is 0 Å². The van der Waals surface area contributed by atoms with Crippen molar-refractivity contribution >= 4 is 11.6 Å². The Morgan fingerprint density at radius 3 is 1.35 bits per heavy atom. The van der Waals surface area contributed by atoms with Gasteiger partial charge in [-0.3, -0.25) is 9.59 Å². The second-order valence-corrected chi connectivity index (χ2v) is 12.3. The smallest absolute Gasteiger partial charge is 0.231 e. The molecule has 4 heterocycles. The maximum atomic E-state index is 12.6. The van der Waals surface area contributed by atoms with Crippen LogP contribution in [0.2, 0.25) is 0 Å². The maximum absolute atomic E-state index is 12.6. The number of phenols is 4. The van der Waals surface area contributed by atoms with Gasteiger partial charge in [0.1, 0.15) is 23.0 Å². The Morgan fingerprint density at radius 2 is 0.938 bits per heavy atom. The van der Waals surface area contributed by atoms with Crippen LogP contribution in [-0.4, -0.2) is 58.8 Å². The lowest BCUT2D eigenvalue weighted by Gasteiger charge is -2.22. The second-order valence-electron chi connectivity index (χ2n) is 12.3.